The average Bonchev–Trinajstić information content (AvgIpc) is 2.97. The zero-order valence-electron chi connectivity index (χ0n) is 24.9. The Morgan fingerprint density at radius 1 is 1.11 bits per heavy atom. The summed E-state index contributed by atoms with van der Waals surface area (Å²) in [6.45, 7) is 5.46. The lowest BCUT2D eigenvalue weighted by Crippen LogP contribution is -2.49. The molecule has 0 saturated carbocycles. The second kappa shape index (κ2) is 15.7. The number of ether oxygens (including phenoxy) is 4. The Labute approximate surface area is 254 Å². The van der Waals surface area contributed by atoms with Crippen molar-refractivity contribution in [1.29, 1.82) is 0 Å². The van der Waals surface area contributed by atoms with Gasteiger partial charge < -0.3 is 39.8 Å². The quantitative estimate of drug-likeness (QED) is 0.242. The summed E-state index contributed by atoms with van der Waals surface area (Å²) < 4.78 is 61.8. The minimum atomic E-state index is -4.59. The van der Waals surface area contributed by atoms with Gasteiger partial charge in [-0.25, -0.2) is 9.59 Å². The molecule has 2 aromatic carbocycles. The average molecular weight is 625 g/mol. The number of nitrogens with one attached hydrogen (secondary N) is 2. The van der Waals surface area contributed by atoms with Crippen LogP contribution in [0, 0.1) is 0 Å². The molecule has 2 amide bonds. The second-order valence-corrected chi connectivity index (χ2v) is 10.4. The van der Waals surface area contributed by atoms with Crippen molar-refractivity contribution in [2.24, 2.45) is 0 Å². The molecule has 0 saturated heterocycles. The van der Waals surface area contributed by atoms with E-state index in [-0.39, 0.29) is 49.3 Å². The molecule has 0 spiro atoms. The summed E-state index contributed by atoms with van der Waals surface area (Å²) >= 11 is 0. The highest BCUT2D eigenvalue weighted by molar-refractivity contribution is 5.96. The van der Waals surface area contributed by atoms with Crippen LogP contribution in [0.3, 0.4) is 0 Å². The van der Waals surface area contributed by atoms with Gasteiger partial charge in [-0.1, -0.05) is 18.7 Å². The molecular formula is C31H39F3N2O8. The number of hydrogen-bond acceptors (Lipinski definition) is 8. The molecule has 0 aliphatic carbocycles. The van der Waals surface area contributed by atoms with Crippen LogP contribution < -0.4 is 24.8 Å². The third-order valence-corrected chi connectivity index (χ3v) is 7.22. The van der Waals surface area contributed by atoms with Gasteiger partial charge in [0.2, 0.25) is 0 Å². The van der Waals surface area contributed by atoms with Crippen LogP contribution >= 0.6 is 0 Å². The fourth-order valence-corrected chi connectivity index (χ4v) is 5.06. The fraction of sp³-hybridized carbons (Fsp3) is 0.484. The van der Waals surface area contributed by atoms with Crippen molar-refractivity contribution in [3.8, 4) is 17.2 Å². The summed E-state index contributed by atoms with van der Waals surface area (Å²) in [4.78, 5) is 26.2. The lowest BCUT2D eigenvalue weighted by atomic mass is 9.93. The van der Waals surface area contributed by atoms with Crippen LogP contribution in [0.25, 0.3) is 0 Å². The molecule has 1 aliphatic heterocycles. The van der Waals surface area contributed by atoms with Gasteiger partial charge in [-0.2, -0.15) is 13.2 Å². The van der Waals surface area contributed by atoms with E-state index in [0.717, 1.165) is 12.1 Å². The Kier molecular flexibility index (Phi) is 12.3. The number of cyclic esters (lactones) is 1. The first-order valence-corrected chi connectivity index (χ1v) is 14.2. The molecule has 4 atom stereocenters. The molecule has 10 nitrogen and oxygen atoms in total. The molecule has 13 heteroatoms. The molecule has 4 N–H and O–H groups in total. The fourth-order valence-electron chi connectivity index (χ4n) is 5.06. The second-order valence-electron chi connectivity index (χ2n) is 10.4. The van der Waals surface area contributed by atoms with Crippen molar-refractivity contribution in [3.63, 3.8) is 0 Å². The smallest absolute Gasteiger partial charge is 0.416 e. The van der Waals surface area contributed by atoms with Gasteiger partial charge in [-0.15, -0.1) is 0 Å². The normalized spacial score (nSPS) is 21.6. The van der Waals surface area contributed by atoms with E-state index in [0.29, 0.717) is 29.9 Å². The van der Waals surface area contributed by atoms with Gasteiger partial charge in [0.05, 0.1) is 38.0 Å². The molecular weight excluding hydrogens is 585 g/mol. The minimum Gasteiger partial charge on any atom is -0.493 e. The Morgan fingerprint density at radius 3 is 2.52 bits per heavy atom. The number of fused-ring (bicyclic) bond motifs is 1. The van der Waals surface area contributed by atoms with Gasteiger partial charge >= 0.3 is 18.2 Å². The van der Waals surface area contributed by atoms with Gasteiger partial charge in [0.15, 0.2) is 11.5 Å². The molecule has 44 heavy (non-hydrogen) atoms. The number of urea groups is 1. The summed E-state index contributed by atoms with van der Waals surface area (Å²) in [6.07, 6.45) is -4.87. The SMILES string of the molecule is C=CCOc1cc(OC)c(OC)c2c1C(=O)O[C@@H](C)CCC[C@@H](NC(=O)Nc1cccc(C(F)(F)F)c1)[C@@H](O)[C@@H](O)CCC2. The molecule has 0 aromatic heterocycles. The molecule has 0 fully saturated rings. The number of halogens is 3. The number of anilines is 1. The van der Waals surface area contributed by atoms with Crippen molar-refractivity contribution in [1.82, 2.24) is 5.32 Å². The van der Waals surface area contributed by atoms with Crippen molar-refractivity contribution < 1.29 is 51.9 Å². The first-order valence-electron chi connectivity index (χ1n) is 14.2. The summed E-state index contributed by atoms with van der Waals surface area (Å²) in [7, 11) is 2.88. The first kappa shape index (κ1) is 34.5. The zero-order valence-corrected chi connectivity index (χ0v) is 24.9. The van der Waals surface area contributed by atoms with Crippen LogP contribution in [-0.2, 0) is 17.3 Å². The highest BCUT2D eigenvalue weighted by Gasteiger charge is 2.32. The molecule has 0 bridgehead atoms. The van der Waals surface area contributed by atoms with Gasteiger partial charge in [0.1, 0.15) is 24.0 Å². The Balaban J connectivity index is 1.85. The molecule has 1 aliphatic rings. The van der Waals surface area contributed by atoms with Crippen LogP contribution in [0.4, 0.5) is 23.7 Å². The predicted octanol–water partition coefficient (Wildman–Crippen LogP) is 5.25. The topological polar surface area (TPSA) is 136 Å². The number of hydrogen-bond donors (Lipinski definition) is 4. The van der Waals surface area contributed by atoms with Gasteiger partial charge in [-0.05, 0) is 63.6 Å². The number of alkyl halides is 3. The number of esters is 1. The van der Waals surface area contributed by atoms with E-state index < -0.39 is 48.1 Å². The number of aliphatic hydroxyl groups excluding tert-OH is 2. The van der Waals surface area contributed by atoms with E-state index in [1.807, 2.05) is 0 Å². The van der Waals surface area contributed by atoms with Crippen molar-refractivity contribution >= 4 is 17.7 Å². The van der Waals surface area contributed by atoms with Crippen LogP contribution in [-0.4, -0.2) is 67.4 Å². The van der Waals surface area contributed by atoms with Crippen molar-refractivity contribution in [3.05, 3.63) is 59.7 Å². The highest BCUT2D eigenvalue weighted by Crippen LogP contribution is 2.41. The standard InChI is InChI=1S/C31H39F3N2O8/c1-5-15-43-24-17-25(41-3)28(42-4)21-12-8-14-23(37)27(38)22(13-6-9-18(2)44-29(39)26(21)24)36-30(40)35-20-11-7-10-19(16-20)31(32,33)34/h5,7,10-11,16-18,22-23,27,37-38H,1,6,8-9,12-15H2,2-4H3,(H2,35,36,40)/t18-,22+,23-,27+/m0/s1. The largest absolute Gasteiger partial charge is 0.493 e. The molecule has 242 valence electrons. The van der Waals surface area contributed by atoms with Crippen molar-refractivity contribution in [2.75, 3.05) is 26.1 Å². The molecule has 3 rings (SSSR count). The monoisotopic (exact) mass is 624 g/mol. The van der Waals surface area contributed by atoms with Crippen LogP contribution in [0.2, 0.25) is 0 Å². The summed E-state index contributed by atoms with van der Waals surface area (Å²) in [5.74, 6) is 0.202. The van der Waals surface area contributed by atoms with Crippen LogP contribution in [0.1, 0.15) is 60.5 Å². The number of carbonyl (C=O) groups excluding carboxylic acids is 2. The Bertz CT molecular complexity index is 1300. The first-order chi connectivity index (χ1) is 20.9. The maximum absolute atomic E-state index is 13.5. The molecule has 2 aromatic rings. The molecule has 0 unspecified atom stereocenters. The maximum atomic E-state index is 13.5. The number of amides is 2. The predicted molar refractivity (Wildman–Crippen MR) is 156 cm³/mol. The highest BCUT2D eigenvalue weighted by atomic mass is 19.4. The van der Waals surface area contributed by atoms with E-state index in [4.69, 9.17) is 18.9 Å². The van der Waals surface area contributed by atoms with Crippen molar-refractivity contribution in [2.45, 2.75) is 76.0 Å². The van der Waals surface area contributed by atoms with Gasteiger partial charge in [-0.3, -0.25) is 0 Å². The van der Waals surface area contributed by atoms with Gasteiger partial charge in [0, 0.05) is 17.3 Å². The maximum Gasteiger partial charge on any atom is 0.416 e. The van der Waals surface area contributed by atoms with E-state index in [9.17, 15) is 33.0 Å². The number of aliphatic hydroxyl groups is 2. The third kappa shape index (κ3) is 9.02. The lowest BCUT2D eigenvalue weighted by molar-refractivity contribution is -0.137. The summed E-state index contributed by atoms with van der Waals surface area (Å²) in [5.41, 5.74) is -0.415. The summed E-state index contributed by atoms with van der Waals surface area (Å²) in [6, 6.07) is 3.88. The summed E-state index contributed by atoms with van der Waals surface area (Å²) in [5, 5.41) is 26.9. The number of carbonyl (C=O) groups is 2. The van der Waals surface area contributed by atoms with Gasteiger partial charge in [0.25, 0.3) is 0 Å². The molecule has 1 heterocycles. The van der Waals surface area contributed by atoms with Crippen LogP contribution in [0.5, 0.6) is 17.2 Å². The Morgan fingerprint density at radius 2 is 1.86 bits per heavy atom. The number of benzene rings is 2. The third-order valence-electron chi connectivity index (χ3n) is 7.22. The lowest BCUT2D eigenvalue weighted by Gasteiger charge is -2.29. The zero-order chi connectivity index (χ0) is 32.4. The molecule has 0 radical (unpaired) electrons. The van der Waals surface area contributed by atoms with Crippen LogP contribution in [0.15, 0.2) is 43.0 Å². The van der Waals surface area contributed by atoms with E-state index in [2.05, 4.69) is 17.2 Å². The van der Waals surface area contributed by atoms with E-state index >= 15 is 0 Å². The Hall–Kier alpha value is -3.97. The van der Waals surface area contributed by atoms with E-state index in [1.54, 1.807) is 6.92 Å². The van der Waals surface area contributed by atoms with E-state index in [1.165, 1.54) is 38.5 Å². The number of rotatable bonds is 7. The minimum absolute atomic E-state index is 0.0721. The number of methoxy groups -OCH3 is 2.